The number of rotatable bonds is 4. The van der Waals surface area contributed by atoms with Crippen LogP contribution >= 0.6 is 11.3 Å². The van der Waals surface area contributed by atoms with Crippen LogP contribution in [0.3, 0.4) is 0 Å². The molecule has 0 saturated heterocycles. The SMILES string of the molecule is O=C(CCc1ccc2ccccc2c1)Nc1ccc2scnc2c1. The Labute approximate surface area is 144 Å². The topological polar surface area (TPSA) is 42.0 Å². The fourth-order valence-corrected chi connectivity index (χ4v) is 3.47. The average molecular weight is 332 g/mol. The number of carbonyl (C=O) groups is 1. The second-order valence-electron chi connectivity index (χ2n) is 5.76. The lowest BCUT2D eigenvalue weighted by Gasteiger charge is -2.06. The molecule has 4 rings (SSSR count). The van der Waals surface area contributed by atoms with Gasteiger partial charge < -0.3 is 5.32 Å². The zero-order valence-corrected chi connectivity index (χ0v) is 13.8. The summed E-state index contributed by atoms with van der Waals surface area (Å²) < 4.78 is 1.13. The van der Waals surface area contributed by atoms with E-state index in [-0.39, 0.29) is 5.91 Å². The van der Waals surface area contributed by atoms with Gasteiger partial charge in [0.2, 0.25) is 5.91 Å². The van der Waals surface area contributed by atoms with Crippen molar-refractivity contribution in [2.24, 2.45) is 0 Å². The van der Waals surface area contributed by atoms with E-state index in [1.807, 2.05) is 35.8 Å². The molecule has 1 amide bonds. The van der Waals surface area contributed by atoms with Gasteiger partial charge in [-0.2, -0.15) is 0 Å². The number of aryl methyl sites for hydroxylation is 1. The minimum absolute atomic E-state index is 0.0257. The third-order valence-electron chi connectivity index (χ3n) is 4.07. The van der Waals surface area contributed by atoms with E-state index in [1.165, 1.54) is 16.3 Å². The molecule has 118 valence electrons. The number of fused-ring (bicyclic) bond motifs is 2. The van der Waals surface area contributed by atoms with Gasteiger partial charge in [0.15, 0.2) is 0 Å². The smallest absolute Gasteiger partial charge is 0.224 e. The summed E-state index contributed by atoms with van der Waals surface area (Å²) in [6, 6.07) is 20.5. The highest BCUT2D eigenvalue weighted by Crippen LogP contribution is 2.22. The van der Waals surface area contributed by atoms with E-state index >= 15 is 0 Å². The molecule has 0 radical (unpaired) electrons. The number of hydrogen-bond donors (Lipinski definition) is 1. The molecular weight excluding hydrogens is 316 g/mol. The molecule has 0 fully saturated rings. The molecule has 0 aliphatic heterocycles. The molecule has 0 saturated carbocycles. The Kier molecular flexibility index (Phi) is 3.97. The van der Waals surface area contributed by atoms with E-state index in [2.05, 4.69) is 40.6 Å². The number of benzene rings is 3. The summed E-state index contributed by atoms with van der Waals surface area (Å²) in [5.41, 5.74) is 4.72. The van der Waals surface area contributed by atoms with Crippen molar-refractivity contribution in [3.8, 4) is 0 Å². The van der Waals surface area contributed by atoms with Crippen LogP contribution in [0.4, 0.5) is 5.69 Å². The van der Waals surface area contributed by atoms with Crippen LogP contribution < -0.4 is 5.32 Å². The van der Waals surface area contributed by atoms with Crippen molar-refractivity contribution in [3.63, 3.8) is 0 Å². The van der Waals surface area contributed by atoms with Crippen LogP contribution in [-0.4, -0.2) is 10.9 Å². The largest absolute Gasteiger partial charge is 0.326 e. The highest BCUT2D eigenvalue weighted by atomic mass is 32.1. The van der Waals surface area contributed by atoms with Gasteiger partial charge in [-0.15, -0.1) is 11.3 Å². The van der Waals surface area contributed by atoms with Crippen LogP contribution in [0.5, 0.6) is 0 Å². The lowest BCUT2D eigenvalue weighted by molar-refractivity contribution is -0.116. The first-order valence-electron chi connectivity index (χ1n) is 7.89. The zero-order valence-electron chi connectivity index (χ0n) is 13.0. The fraction of sp³-hybridized carbons (Fsp3) is 0.100. The van der Waals surface area contributed by atoms with E-state index in [9.17, 15) is 4.79 Å². The summed E-state index contributed by atoms with van der Waals surface area (Å²) in [7, 11) is 0. The van der Waals surface area contributed by atoms with Crippen molar-refractivity contribution in [2.75, 3.05) is 5.32 Å². The van der Waals surface area contributed by atoms with Crippen molar-refractivity contribution in [2.45, 2.75) is 12.8 Å². The number of nitrogens with one attached hydrogen (secondary N) is 1. The Morgan fingerprint density at radius 2 is 1.88 bits per heavy atom. The van der Waals surface area contributed by atoms with Gasteiger partial charge in [-0.1, -0.05) is 42.5 Å². The number of thiazole rings is 1. The van der Waals surface area contributed by atoms with Gasteiger partial charge in [0.05, 0.1) is 15.7 Å². The van der Waals surface area contributed by atoms with Gasteiger partial charge in [0, 0.05) is 12.1 Å². The van der Waals surface area contributed by atoms with Crippen LogP contribution in [0.25, 0.3) is 21.0 Å². The van der Waals surface area contributed by atoms with Crippen molar-refractivity contribution < 1.29 is 4.79 Å². The summed E-state index contributed by atoms with van der Waals surface area (Å²) in [6.45, 7) is 0. The summed E-state index contributed by atoms with van der Waals surface area (Å²) in [5.74, 6) is 0.0257. The Bertz CT molecular complexity index is 1020. The van der Waals surface area contributed by atoms with Crippen molar-refractivity contribution in [3.05, 3.63) is 71.7 Å². The quantitative estimate of drug-likeness (QED) is 0.570. The van der Waals surface area contributed by atoms with Crippen LogP contribution in [0.1, 0.15) is 12.0 Å². The van der Waals surface area contributed by atoms with Gasteiger partial charge in [0.1, 0.15) is 0 Å². The number of anilines is 1. The van der Waals surface area contributed by atoms with Crippen LogP contribution in [0.15, 0.2) is 66.2 Å². The minimum Gasteiger partial charge on any atom is -0.326 e. The van der Waals surface area contributed by atoms with E-state index in [0.717, 1.165) is 22.3 Å². The second-order valence-corrected chi connectivity index (χ2v) is 6.65. The maximum atomic E-state index is 12.2. The number of nitrogens with zero attached hydrogens (tertiary/aromatic N) is 1. The van der Waals surface area contributed by atoms with Crippen LogP contribution in [0, 0.1) is 0 Å². The first-order chi connectivity index (χ1) is 11.8. The summed E-state index contributed by atoms with van der Waals surface area (Å²) in [6.07, 6.45) is 1.20. The van der Waals surface area contributed by atoms with Crippen LogP contribution in [-0.2, 0) is 11.2 Å². The molecule has 0 bridgehead atoms. The van der Waals surface area contributed by atoms with Gasteiger partial charge >= 0.3 is 0 Å². The molecule has 0 aliphatic carbocycles. The standard InChI is InChI=1S/C20H16N2OS/c23-20(22-17-8-9-19-18(12-17)21-13-24-19)10-6-14-5-7-15-3-1-2-4-16(15)11-14/h1-5,7-9,11-13H,6,10H2,(H,22,23). The van der Waals surface area contributed by atoms with Crippen molar-refractivity contribution in [1.29, 1.82) is 0 Å². The third-order valence-corrected chi connectivity index (χ3v) is 4.88. The van der Waals surface area contributed by atoms with E-state index in [0.29, 0.717) is 6.42 Å². The van der Waals surface area contributed by atoms with Gasteiger partial charge in [-0.3, -0.25) is 4.79 Å². The van der Waals surface area contributed by atoms with E-state index in [1.54, 1.807) is 11.3 Å². The van der Waals surface area contributed by atoms with Gasteiger partial charge in [-0.05, 0) is 41.0 Å². The highest BCUT2D eigenvalue weighted by Gasteiger charge is 2.05. The normalized spacial score (nSPS) is 11.0. The molecule has 4 aromatic rings. The molecule has 1 aromatic heterocycles. The Balaban J connectivity index is 1.41. The van der Waals surface area contributed by atoms with E-state index < -0.39 is 0 Å². The lowest BCUT2D eigenvalue weighted by atomic mass is 10.0. The summed E-state index contributed by atoms with van der Waals surface area (Å²) in [4.78, 5) is 16.5. The Morgan fingerprint density at radius 3 is 2.79 bits per heavy atom. The minimum atomic E-state index is 0.0257. The number of aromatic nitrogens is 1. The third kappa shape index (κ3) is 3.14. The van der Waals surface area contributed by atoms with Crippen molar-refractivity contribution in [1.82, 2.24) is 4.98 Å². The molecule has 0 atom stereocenters. The molecule has 3 nitrogen and oxygen atoms in total. The van der Waals surface area contributed by atoms with Gasteiger partial charge in [-0.25, -0.2) is 4.98 Å². The maximum Gasteiger partial charge on any atom is 0.224 e. The molecule has 24 heavy (non-hydrogen) atoms. The first kappa shape index (κ1) is 14.8. The number of carbonyl (C=O) groups excluding carboxylic acids is 1. The van der Waals surface area contributed by atoms with Gasteiger partial charge in [0.25, 0.3) is 0 Å². The van der Waals surface area contributed by atoms with Crippen molar-refractivity contribution >= 4 is 43.9 Å². The molecular formula is C20H16N2OS. The average Bonchev–Trinajstić information content (AvgIpc) is 3.07. The lowest BCUT2D eigenvalue weighted by Crippen LogP contribution is -2.12. The molecule has 3 aromatic carbocycles. The Hall–Kier alpha value is -2.72. The fourth-order valence-electron chi connectivity index (χ4n) is 2.81. The first-order valence-corrected chi connectivity index (χ1v) is 8.77. The zero-order chi connectivity index (χ0) is 16.4. The number of hydrogen-bond acceptors (Lipinski definition) is 3. The molecule has 1 heterocycles. The number of amides is 1. The molecule has 1 N–H and O–H groups in total. The molecule has 0 spiro atoms. The highest BCUT2D eigenvalue weighted by molar-refractivity contribution is 7.16. The summed E-state index contributed by atoms with van der Waals surface area (Å²) >= 11 is 1.60. The van der Waals surface area contributed by atoms with Crippen LogP contribution in [0.2, 0.25) is 0 Å². The second kappa shape index (κ2) is 6.42. The molecule has 0 unspecified atom stereocenters. The predicted molar refractivity (Wildman–Crippen MR) is 101 cm³/mol. The molecule has 0 aliphatic rings. The maximum absolute atomic E-state index is 12.2. The van der Waals surface area contributed by atoms with E-state index in [4.69, 9.17) is 0 Å². The summed E-state index contributed by atoms with van der Waals surface area (Å²) in [5, 5.41) is 5.39. The predicted octanol–water partition coefficient (Wildman–Crippen LogP) is 5.02. The molecule has 4 heteroatoms. The Morgan fingerprint density at radius 1 is 1.00 bits per heavy atom. The monoisotopic (exact) mass is 332 g/mol.